The van der Waals surface area contributed by atoms with Gasteiger partial charge in [-0.15, -0.1) is 0 Å². The summed E-state index contributed by atoms with van der Waals surface area (Å²) in [4.78, 5) is 30.3. The number of carboxylic acid groups (broad SMARTS) is 1. The van der Waals surface area contributed by atoms with E-state index in [4.69, 9.17) is 5.11 Å². The predicted molar refractivity (Wildman–Crippen MR) is 92.0 cm³/mol. The minimum absolute atomic E-state index is 0.0909. The molecule has 0 rings (SSSR count). The van der Waals surface area contributed by atoms with E-state index in [1.807, 2.05) is 13.8 Å². The van der Waals surface area contributed by atoms with Crippen molar-refractivity contribution in [2.24, 2.45) is 0 Å². The smallest absolute Gasteiger partial charge is 0.330 e. The van der Waals surface area contributed by atoms with Crippen molar-refractivity contribution in [3.05, 3.63) is 37.5 Å². The summed E-state index contributed by atoms with van der Waals surface area (Å²) < 4.78 is 4.67. The maximum absolute atomic E-state index is 10.3. The van der Waals surface area contributed by atoms with Crippen LogP contribution in [-0.4, -0.2) is 36.1 Å². The molecule has 6 heteroatoms. The third-order valence-electron chi connectivity index (χ3n) is 2.01. The maximum atomic E-state index is 10.3. The maximum Gasteiger partial charge on any atom is 0.330 e. The summed E-state index contributed by atoms with van der Waals surface area (Å²) in [7, 11) is 0. The Bertz CT molecular complexity index is 376. The highest BCUT2D eigenvalue weighted by Gasteiger charge is 1.91. The summed E-state index contributed by atoms with van der Waals surface area (Å²) in [6.45, 7) is 16.5. The van der Waals surface area contributed by atoms with Gasteiger partial charge in [-0.05, 0) is 25.8 Å². The summed E-state index contributed by atoms with van der Waals surface area (Å²) in [6.07, 6.45) is 5.40. The second kappa shape index (κ2) is 19.6. The molecule has 0 atom stereocenters. The molecule has 0 radical (unpaired) electrons. The molecule has 1 amide bonds. The summed E-state index contributed by atoms with van der Waals surface area (Å²) >= 11 is 0. The highest BCUT2D eigenvalue weighted by molar-refractivity contribution is 5.86. The lowest BCUT2D eigenvalue weighted by atomic mass is 10.4. The van der Waals surface area contributed by atoms with Gasteiger partial charge in [0.2, 0.25) is 5.91 Å². The Kier molecular flexibility index (Phi) is 21.8. The monoisotopic (exact) mass is 327 g/mol. The van der Waals surface area contributed by atoms with E-state index in [-0.39, 0.29) is 17.4 Å². The van der Waals surface area contributed by atoms with Crippen LogP contribution in [0, 0.1) is 0 Å². The van der Waals surface area contributed by atoms with E-state index in [9.17, 15) is 14.4 Å². The quantitative estimate of drug-likeness (QED) is 0.406. The molecule has 0 aromatic rings. The van der Waals surface area contributed by atoms with Crippen molar-refractivity contribution >= 4 is 17.8 Å². The van der Waals surface area contributed by atoms with Crippen molar-refractivity contribution in [1.29, 1.82) is 0 Å². The number of carbonyl (C=O) groups excluding carboxylic acids is 2. The van der Waals surface area contributed by atoms with E-state index in [0.29, 0.717) is 6.61 Å². The summed E-state index contributed by atoms with van der Waals surface area (Å²) in [5.41, 5.74) is 0.176. The molecule has 0 aliphatic rings. The molecule has 0 bridgehead atoms. The van der Waals surface area contributed by atoms with Gasteiger partial charge >= 0.3 is 11.9 Å². The largest absolute Gasteiger partial charge is 0.478 e. The SMILES string of the molecule is C=C(C)C(=O)O.C=CC(=O)NCCC.C=CC(=O)OCCCC. The number of unbranched alkanes of at least 4 members (excludes halogenated alkanes) is 1. The molecular weight excluding hydrogens is 298 g/mol. The van der Waals surface area contributed by atoms with Crippen LogP contribution in [0.3, 0.4) is 0 Å². The molecule has 0 unspecified atom stereocenters. The van der Waals surface area contributed by atoms with E-state index >= 15 is 0 Å². The molecule has 6 nitrogen and oxygen atoms in total. The Hall–Kier alpha value is -2.37. The lowest BCUT2D eigenvalue weighted by molar-refractivity contribution is -0.138. The van der Waals surface area contributed by atoms with Crippen molar-refractivity contribution < 1.29 is 24.2 Å². The predicted octanol–water partition coefficient (Wildman–Crippen LogP) is 2.86. The first-order valence-electron chi connectivity index (χ1n) is 7.34. The fourth-order valence-corrected chi connectivity index (χ4v) is 0.696. The number of ether oxygens (including phenoxy) is 1. The number of hydrogen-bond donors (Lipinski definition) is 2. The zero-order chi connectivity index (χ0) is 18.7. The minimum Gasteiger partial charge on any atom is -0.478 e. The Morgan fingerprint density at radius 1 is 1.13 bits per heavy atom. The second-order valence-corrected chi connectivity index (χ2v) is 4.31. The van der Waals surface area contributed by atoms with Gasteiger partial charge in [-0.3, -0.25) is 4.79 Å². The van der Waals surface area contributed by atoms with Crippen LogP contribution < -0.4 is 5.32 Å². The first-order valence-corrected chi connectivity index (χ1v) is 7.34. The molecule has 2 N–H and O–H groups in total. The van der Waals surface area contributed by atoms with Gasteiger partial charge in [-0.25, -0.2) is 9.59 Å². The van der Waals surface area contributed by atoms with Gasteiger partial charge in [0.25, 0.3) is 0 Å². The number of esters is 1. The average molecular weight is 327 g/mol. The number of carbonyl (C=O) groups is 3. The van der Waals surface area contributed by atoms with Crippen LogP contribution in [0.2, 0.25) is 0 Å². The van der Waals surface area contributed by atoms with Gasteiger partial charge in [0, 0.05) is 18.2 Å². The summed E-state index contributed by atoms with van der Waals surface area (Å²) in [5, 5.41) is 10.5. The van der Waals surface area contributed by atoms with Crippen LogP contribution in [0.1, 0.15) is 40.0 Å². The van der Waals surface area contributed by atoms with Crippen LogP contribution in [0.5, 0.6) is 0 Å². The van der Waals surface area contributed by atoms with Crippen molar-refractivity contribution in [2.75, 3.05) is 13.2 Å². The molecule has 0 spiro atoms. The Balaban J connectivity index is -0.000000266. The lowest BCUT2D eigenvalue weighted by Gasteiger charge is -1.97. The van der Waals surface area contributed by atoms with Crippen molar-refractivity contribution in [3.63, 3.8) is 0 Å². The standard InChI is InChI=1S/C7H12O2.C6H11NO.C4H6O2/c1-3-5-6-9-7(8)4-2;1-3-5-7-6(8)4-2;1-3(2)4(5)6/h4H,2-3,5-6H2,1H3;4H,2-3,5H2,1H3,(H,7,8);1H2,2H3,(H,5,6). The third-order valence-corrected chi connectivity index (χ3v) is 2.01. The number of aliphatic carboxylic acids is 1. The molecule has 0 heterocycles. The van der Waals surface area contributed by atoms with Gasteiger partial charge in [-0.1, -0.05) is 40.0 Å². The van der Waals surface area contributed by atoms with Gasteiger partial charge < -0.3 is 15.2 Å². The molecule has 23 heavy (non-hydrogen) atoms. The van der Waals surface area contributed by atoms with Gasteiger partial charge in [0.15, 0.2) is 0 Å². The van der Waals surface area contributed by atoms with Gasteiger partial charge in [-0.2, -0.15) is 0 Å². The van der Waals surface area contributed by atoms with Crippen molar-refractivity contribution in [2.45, 2.75) is 40.0 Å². The zero-order valence-electron chi connectivity index (χ0n) is 14.4. The molecule has 0 aromatic carbocycles. The molecule has 0 fully saturated rings. The van der Waals surface area contributed by atoms with Gasteiger partial charge in [0.05, 0.1) is 6.61 Å². The van der Waals surface area contributed by atoms with E-state index in [1.165, 1.54) is 19.1 Å². The number of rotatable bonds is 8. The molecule has 0 aromatic heterocycles. The topological polar surface area (TPSA) is 92.7 Å². The first kappa shape index (κ1) is 25.6. The van der Waals surface area contributed by atoms with Crippen LogP contribution in [0.4, 0.5) is 0 Å². The van der Waals surface area contributed by atoms with Crippen molar-refractivity contribution in [3.8, 4) is 0 Å². The summed E-state index contributed by atoms with van der Waals surface area (Å²) in [6, 6.07) is 0. The minimum atomic E-state index is -0.935. The second-order valence-electron chi connectivity index (χ2n) is 4.31. The molecule has 0 saturated carbocycles. The Labute approximate surface area is 138 Å². The highest BCUT2D eigenvalue weighted by Crippen LogP contribution is 1.88. The number of carboxylic acids is 1. The Morgan fingerprint density at radius 2 is 1.65 bits per heavy atom. The fraction of sp³-hybridized carbons (Fsp3) is 0.471. The molecular formula is C17H29NO5. The van der Waals surface area contributed by atoms with E-state index in [1.54, 1.807) is 0 Å². The molecule has 132 valence electrons. The number of amides is 1. The number of nitrogens with one attached hydrogen (secondary N) is 1. The lowest BCUT2D eigenvalue weighted by Crippen LogP contribution is -2.20. The Morgan fingerprint density at radius 3 is 1.96 bits per heavy atom. The summed E-state index contributed by atoms with van der Waals surface area (Å²) in [5.74, 6) is -1.36. The van der Waals surface area contributed by atoms with E-state index < -0.39 is 5.97 Å². The highest BCUT2D eigenvalue weighted by atomic mass is 16.5. The normalized spacial score (nSPS) is 8.13. The molecule has 0 aliphatic carbocycles. The number of hydrogen-bond acceptors (Lipinski definition) is 4. The third kappa shape index (κ3) is 28.5. The van der Waals surface area contributed by atoms with Crippen molar-refractivity contribution in [1.82, 2.24) is 5.32 Å². The fourth-order valence-electron chi connectivity index (χ4n) is 0.696. The molecule has 0 aliphatic heterocycles. The zero-order valence-corrected chi connectivity index (χ0v) is 14.4. The first-order chi connectivity index (χ1) is 10.8. The van der Waals surface area contributed by atoms with Crippen LogP contribution in [-0.2, 0) is 19.1 Å². The van der Waals surface area contributed by atoms with Crippen LogP contribution in [0.15, 0.2) is 37.5 Å². The van der Waals surface area contributed by atoms with Gasteiger partial charge in [0.1, 0.15) is 0 Å². The average Bonchev–Trinajstić information content (AvgIpc) is 2.53. The van der Waals surface area contributed by atoms with Crippen LogP contribution in [0.25, 0.3) is 0 Å². The van der Waals surface area contributed by atoms with E-state index in [2.05, 4.69) is 29.8 Å². The molecule has 0 saturated heterocycles. The van der Waals surface area contributed by atoms with E-state index in [0.717, 1.165) is 25.8 Å². The van der Waals surface area contributed by atoms with Crippen LogP contribution >= 0.6 is 0 Å².